The number of methoxy groups -OCH3 is 1. The minimum absolute atomic E-state index is 0.330. The molecule has 1 unspecified atom stereocenters. The molecule has 126 valence electrons. The number of ether oxygens (including phenoxy) is 1. The molecule has 2 N–H and O–H groups in total. The Morgan fingerprint density at radius 1 is 1.35 bits per heavy atom. The Kier molecular flexibility index (Phi) is 6.59. The van der Waals surface area contributed by atoms with Crippen molar-refractivity contribution in [1.82, 2.24) is 15.1 Å². The predicted molar refractivity (Wildman–Crippen MR) is 91.8 cm³/mol. The highest BCUT2D eigenvalue weighted by Gasteiger charge is 2.13. The third kappa shape index (κ3) is 4.78. The zero-order valence-corrected chi connectivity index (χ0v) is 14.6. The molecule has 0 fully saturated rings. The van der Waals surface area contributed by atoms with Crippen LogP contribution in [0.4, 0.5) is 0 Å². The van der Waals surface area contributed by atoms with Crippen LogP contribution in [0.25, 0.3) is 0 Å². The van der Waals surface area contributed by atoms with Gasteiger partial charge < -0.3 is 15.2 Å². The van der Waals surface area contributed by atoms with Gasteiger partial charge in [0.2, 0.25) is 0 Å². The molecular weight excluding hydrogens is 314 g/mol. The lowest BCUT2D eigenvalue weighted by Gasteiger charge is -2.11. The van der Waals surface area contributed by atoms with Gasteiger partial charge in [-0.15, -0.1) is 0 Å². The van der Waals surface area contributed by atoms with E-state index in [4.69, 9.17) is 16.3 Å². The van der Waals surface area contributed by atoms with Crippen LogP contribution in [0.3, 0.4) is 0 Å². The lowest BCUT2D eigenvalue weighted by molar-refractivity contribution is 0.0644. The molecule has 1 aromatic carbocycles. The molecule has 0 aliphatic heterocycles. The Morgan fingerprint density at radius 3 is 2.78 bits per heavy atom. The second kappa shape index (κ2) is 8.45. The first kappa shape index (κ1) is 17.9. The van der Waals surface area contributed by atoms with E-state index < -0.39 is 6.10 Å². The first-order valence-corrected chi connectivity index (χ1v) is 8.04. The summed E-state index contributed by atoms with van der Waals surface area (Å²) in [6, 6.07) is 7.81. The SMILES string of the molecule is COCC(O)CNCc1c(C)nn(Cc2ccccc2Cl)c1C. The van der Waals surface area contributed by atoms with Crippen molar-refractivity contribution in [1.29, 1.82) is 0 Å². The fourth-order valence-corrected chi connectivity index (χ4v) is 2.74. The standard InChI is InChI=1S/C17H24ClN3O2/c1-12-16(9-19-8-15(22)11-23-3)13(2)21(20-12)10-14-6-4-5-7-17(14)18/h4-7,15,19,22H,8-11H2,1-3H3. The topological polar surface area (TPSA) is 59.3 Å². The van der Waals surface area contributed by atoms with Gasteiger partial charge in [-0.1, -0.05) is 29.8 Å². The van der Waals surface area contributed by atoms with Crippen molar-refractivity contribution in [3.63, 3.8) is 0 Å². The Hall–Kier alpha value is -1.40. The molecule has 0 aliphatic rings. The highest BCUT2D eigenvalue weighted by atomic mass is 35.5. The van der Waals surface area contributed by atoms with Crippen molar-refractivity contribution < 1.29 is 9.84 Å². The predicted octanol–water partition coefficient (Wildman–Crippen LogP) is 2.30. The van der Waals surface area contributed by atoms with Gasteiger partial charge in [0.05, 0.1) is 24.9 Å². The summed E-state index contributed by atoms with van der Waals surface area (Å²) >= 11 is 6.23. The summed E-state index contributed by atoms with van der Waals surface area (Å²) in [7, 11) is 1.58. The number of nitrogens with zero attached hydrogens (tertiary/aromatic N) is 2. The molecule has 0 bridgehead atoms. The lowest BCUT2D eigenvalue weighted by Crippen LogP contribution is -2.30. The van der Waals surface area contributed by atoms with Crippen molar-refractivity contribution >= 4 is 11.6 Å². The second-order valence-electron chi connectivity index (χ2n) is 5.64. The van der Waals surface area contributed by atoms with Gasteiger partial charge in [-0.2, -0.15) is 5.10 Å². The maximum absolute atomic E-state index is 9.67. The number of hydrogen-bond donors (Lipinski definition) is 2. The van der Waals surface area contributed by atoms with Crippen LogP contribution in [0.5, 0.6) is 0 Å². The van der Waals surface area contributed by atoms with E-state index in [0.29, 0.717) is 26.2 Å². The van der Waals surface area contributed by atoms with Gasteiger partial charge >= 0.3 is 0 Å². The van der Waals surface area contributed by atoms with Crippen LogP contribution in [-0.2, 0) is 17.8 Å². The minimum Gasteiger partial charge on any atom is -0.389 e. The van der Waals surface area contributed by atoms with Gasteiger partial charge in [0.15, 0.2) is 0 Å². The van der Waals surface area contributed by atoms with Crippen molar-refractivity contribution in [2.45, 2.75) is 33.0 Å². The van der Waals surface area contributed by atoms with Crippen LogP contribution < -0.4 is 5.32 Å². The van der Waals surface area contributed by atoms with Crippen molar-refractivity contribution in [3.05, 3.63) is 51.8 Å². The molecule has 6 heteroatoms. The molecule has 0 amide bonds. The Labute approximate surface area is 142 Å². The highest BCUT2D eigenvalue weighted by molar-refractivity contribution is 6.31. The number of aliphatic hydroxyl groups excluding tert-OH is 1. The van der Waals surface area contributed by atoms with Gasteiger partial charge in [0.1, 0.15) is 0 Å². The monoisotopic (exact) mass is 337 g/mol. The van der Waals surface area contributed by atoms with Gasteiger partial charge in [-0.25, -0.2) is 0 Å². The molecule has 1 aromatic heterocycles. The fourth-order valence-electron chi connectivity index (χ4n) is 2.55. The van der Waals surface area contributed by atoms with E-state index in [0.717, 1.165) is 27.5 Å². The zero-order chi connectivity index (χ0) is 16.8. The number of aromatic nitrogens is 2. The lowest BCUT2D eigenvalue weighted by atomic mass is 10.2. The summed E-state index contributed by atoms with van der Waals surface area (Å²) in [4.78, 5) is 0. The van der Waals surface area contributed by atoms with Crippen molar-refractivity contribution in [3.8, 4) is 0 Å². The molecule has 0 radical (unpaired) electrons. The molecule has 1 heterocycles. The average molecular weight is 338 g/mol. The first-order chi connectivity index (χ1) is 11.0. The summed E-state index contributed by atoms with van der Waals surface area (Å²) in [5, 5.41) is 18.3. The summed E-state index contributed by atoms with van der Waals surface area (Å²) in [6.07, 6.45) is -0.501. The van der Waals surface area contributed by atoms with Crippen LogP contribution in [0.15, 0.2) is 24.3 Å². The van der Waals surface area contributed by atoms with Gasteiger partial charge in [0, 0.05) is 36.5 Å². The van der Waals surface area contributed by atoms with E-state index in [9.17, 15) is 5.11 Å². The third-order valence-electron chi connectivity index (χ3n) is 3.85. The van der Waals surface area contributed by atoms with Gasteiger partial charge in [-0.05, 0) is 25.5 Å². The van der Waals surface area contributed by atoms with Crippen LogP contribution in [-0.4, -0.2) is 41.3 Å². The summed E-state index contributed by atoms with van der Waals surface area (Å²) in [5.41, 5.74) is 4.30. The quantitative estimate of drug-likeness (QED) is 0.776. The van der Waals surface area contributed by atoms with Crippen LogP contribution in [0.1, 0.15) is 22.5 Å². The summed E-state index contributed by atoms with van der Waals surface area (Å²) < 4.78 is 6.89. The molecule has 5 nitrogen and oxygen atoms in total. The number of benzene rings is 1. The molecule has 0 saturated heterocycles. The molecule has 2 rings (SSSR count). The Morgan fingerprint density at radius 2 is 2.09 bits per heavy atom. The average Bonchev–Trinajstić information content (AvgIpc) is 2.77. The van der Waals surface area contributed by atoms with E-state index in [1.165, 1.54) is 0 Å². The zero-order valence-electron chi connectivity index (χ0n) is 13.8. The van der Waals surface area contributed by atoms with Crippen LogP contribution in [0, 0.1) is 13.8 Å². The van der Waals surface area contributed by atoms with Crippen LogP contribution >= 0.6 is 11.6 Å². The number of aliphatic hydroxyl groups is 1. The van der Waals surface area contributed by atoms with Crippen molar-refractivity contribution in [2.24, 2.45) is 0 Å². The smallest absolute Gasteiger partial charge is 0.0897 e. The van der Waals surface area contributed by atoms with Gasteiger partial charge in [0.25, 0.3) is 0 Å². The Bertz CT molecular complexity index is 643. The normalized spacial score (nSPS) is 12.6. The Balaban J connectivity index is 2.03. The molecular formula is C17H24ClN3O2. The summed E-state index contributed by atoms with van der Waals surface area (Å²) in [5.74, 6) is 0. The van der Waals surface area contributed by atoms with Crippen LogP contribution in [0.2, 0.25) is 5.02 Å². The van der Waals surface area contributed by atoms with E-state index in [2.05, 4.69) is 17.3 Å². The van der Waals surface area contributed by atoms with Gasteiger partial charge in [-0.3, -0.25) is 4.68 Å². The number of aryl methyl sites for hydroxylation is 1. The van der Waals surface area contributed by atoms with Crippen molar-refractivity contribution in [2.75, 3.05) is 20.3 Å². The molecule has 2 aromatic rings. The summed E-state index contributed by atoms with van der Waals surface area (Å²) in [6.45, 7) is 6.19. The van der Waals surface area contributed by atoms with E-state index in [1.54, 1.807) is 7.11 Å². The molecule has 1 atom stereocenters. The molecule has 23 heavy (non-hydrogen) atoms. The number of hydrogen-bond acceptors (Lipinski definition) is 4. The largest absolute Gasteiger partial charge is 0.389 e. The minimum atomic E-state index is -0.501. The third-order valence-corrected chi connectivity index (χ3v) is 4.22. The number of halogens is 1. The molecule has 0 aliphatic carbocycles. The van der Waals surface area contributed by atoms with E-state index >= 15 is 0 Å². The van der Waals surface area contributed by atoms with E-state index in [-0.39, 0.29) is 0 Å². The molecule has 0 saturated carbocycles. The first-order valence-electron chi connectivity index (χ1n) is 7.67. The van der Waals surface area contributed by atoms with E-state index in [1.807, 2.05) is 35.9 Å². The maximum atomic E-state index is 9.67. The second-order valence-corrected chi connectivity index (χ2v) is 6.05. The number of rotatable bonds is 8. The fraction of sp³-hybridized carbons (Fsp3) is 0.471. The molecule has 0 spiro atoms. The number of nitrogens with one attached hydrogen (secondary N) is 1. The highest BCUT2D eigenvalue weighted by Crippen LogP contribution is 2.19. The maximum Gasteiger partial charge on any atom is 0.0897 e.